The fourth-order valence-corrected chi connectivity index (χ4v) is 3.52. The number of hydrogen-bond acceptors (Lipinski definition) is 5. The zero-order chi connectivity index (χ0) is 15.5. The number of rotatable bonds is 2. The number of piperazine rings is 1. The number of carbonyl (C=O) groups is 2. The Labute approximate surface area is 122 Å². The summed E-state index contributed by atoms with van der Waals surface area (Å²) >= 11 is 0. The molecule has 0 atom stereocenters. The van der Waals surface area contributed by atoms with E-state index >= 15 is 0 Å². The zero-order valence-electron chi connectivity index (χ0n) is 11.2. The fraction of sp³-hybridized carbons (Fsp3) is 0.333. The molecule has 3 N–H and O–H groups in total. The molecule has 1 fully saturated rings. The van der Waals surface area contributed by atoms with E-state index in [-0.39, 0.29) is 31.1 Å². The normalized spacial score (nSPS) is 16.5. The zero-order valence-corrected chi connectivity index (χ0v) is 12.0. The van der Waals surface area contributed by atoms with Crippen LogP contribution in [0.5, 0.6) is 0 Å². The predicted octanol–water partition coefficient (Wildman–Crippen LogP) is -1.49. The van der Waals surface area contributed by atoms with Gasteiger partial charge in [0.15, 0.2) is 0 Å². The lowest BCUT2D eigenvalue weighted by Gasteiger charge is -2.33. The van der Waals surface area contributed by atoms with Crippen LogP contribution in [0.25, 0.3) is 0 Å². The molecule has 1 aliphatic heterocycles. The molecule has 0 aromatic heterocycles. The van der Waals surface area contributed by atoms with Gasteiger partial charge in [0.05, 0.1) is 4.90 Å². The summed E-state index contributed by atoms with van der Waals surface area (Å²) in [5.41, 5.74) is 1.77. The quantitative estimate of drug-likeness (QED) is 0.299. The molecule has 21 heavy (non-hydrogen) atoms. The van der Waals surface area contributed by atoms with E-state index in [1.54, 1.807) is 23.6 Å². The summed E-state index contributed by atoms with van der Waals surface area (Å²) in [4.78, 5) is 24.3. The highest BCUT2D eigenvalue weighted by Crippen LogP contribution is 2.17. The summed E-state index contributed by atoms with van der Waals surface area (Å²) in [6.07, 6.45) is 0. The molecule has 1 aromatic carbocycles. The van der Waals surface area contributed by atoms with E-state index in [1.165, 1.54) is 21.3 Å². The maximum absolute atomic E-state index is 12.4. The van der Waals surface area contributed by atoms with Crippen molar-refractivity contribution in [3.8, 4) is 0 Å². The third-order valence-electron chi connectivity index (χ3n) is 3.23. The van der Waals surface area contributed by atoms with Crippen LogP contribution in [0.3, 0.4) is 0 Å². The molecule has 114 valence electrons. The number of hydrazine groups is 1. The van der Waals surface area contributed by atoms with Gasteiger partial charge in [-0.05, 0) is 12.1 Å². The molecule has 0 saturated carbocycles. The number of hydrogen-bond donors (Lipinski definition) is 2. The monoisotopic (exact) mass is 312 g/mol. The summed E-state index contributed by atoms with van der Waals surface area (Å²) in [6, 6.07) is 8.08. The molecule has 0 bridgehead atoms. The minimum atomic E-state index is -3.57. The van der Waals surface area contributed by atoms with Gasteiger partial charge in [-0.1, -0.05) is 18.2 Å². The number of amides is 2. The number of benzene rings is 1. The van der Waals surface area contributed by atoms with Gasteiger partial charge >= 0.3 is 11.8 Å². The van der Waals surface area contributed by atoms with Crippen LogP contribution in [0.15, 0.2) is 35.2 Å². The van der Waals surface area contributed by atoms with Gasteiger partial charge in [0.2, 0.25) is 10.0 Å². The van der Waals surface area contributed by atoms with Gasteiger partial charge in [0.25, 0.3) is 0 Å². The van der Waals surface area contributed by atoms with Crippen molar-refractivity contribution in [2.24, 2.45) is 5.84 Å². The minimum absolute atomic E-state index is 0.140. The second-order valence-corrected chi connectivity index (χ2v) is 6.42. The highest BCUT2D eigenvalue weighted by Gasteiger charge is 2.31. The second-order valence-electron chi connectivity index (χ2n) is 4.48. The number of nitrogens with one attached hydrogen (secondary N) is 1. The van der Waals surface area contributed by atoms with Crippen LogP contribution in [0.2, 0.25) is 0 Å². The smallest absolute Gasteiger partial charge is 0.323 e. The van der Waals surface area contributed by atoms with Gasteiger partial charge in [0.1, 0.15) is 0 Å². The molecule has 1 heterocycles. The van der Waals surface area contributed by atoms with Gasteiger partial charge in [0, 0.05) is 26.2 Å². The van der Waals surface area contributed by atoms with Gasteiger partial charge in [-0.15, -0.1) is 0 Å². The largest absolute Gasteiger partial charge is 0.332 e. The van der Waals surface area contributed by atoms with Crippen molar-refractivity contribution in [2.45, 2.75) is 4.90 Å². The van der Waals surface area contributed by atoms with Crippen molar-refractivity contribution in [2.75, 3.05) is 26.2 Å². The molecule has 1 aromatic rings. The first kappa shape index (κ1) is 15.4. The third kappa shape index (κ3) is 3.20. The molecule has 0 radical (unpaired) electrons. The Morgan fingerprint density at radius 3 is 2.14 bits per heavy atom. The summed E-state index contributed by atoms with van der Waals surface area (Å²) in [5.74, 6) is 3.24. The number of nitrogens with two attached hydrogens (primary N) is 1. The lowest BCUT2D eigenvalue weighted by atomic mass is 10.3. The van der Waals surface area contributed by atoms with Crippen LogP contribution in [0.4, 0.5) is 0 Å². The van der Waals surface area contributed by atoms with Crippen molar-refractivity contribution in [1.82, 2.24) is 14.6 Å². The van der Waals surface area contributed by atoms with Crippen molar-refractivity contribution in [3.05, 3.63) is 30.3 Å². The predicted molar refractivity (Wildman–Crippen MR) is 74.1 cm³/mol. The van der Waals surface area contributed by atoms with Gasteiger partial charge in [-0.3, -0.25) is 15.0 Å². The first-order chi connectivity index (χ1) is 9.96. The maximum atomic E-state index is 12.4. The highest BCUT2D eigenvalue weighted by atomic mass is 32.2. The Morgan fingerprint density at radius 1 is 1.05 bits per heavy atom. The average molecular weight is 312 g/mol. The first-order valence-corrected chi connectivity index (χ1v) is 7.76. The second kappa shape index (κ2) is 6.20. The van der Waals surface area contributed by atoms with Crippen molar-refractivity contribution in [3.63, 3.8) is 0 Å². The summed E-state index contributed by atoms with van der Waals surface area (Å²) in [6.45, 7) is 0.582. The van der Waals surface area contributed by atoms with Crippen LogP contribution >= 0.6 is 0 Å². The molecule has 2 rings (SSSR count). The standard InChI is InChI=1S/C12H16N4O4S/c13-14-11(17)12(18)15-6-8-16(9-7-15)21(19,20)10-4-2-1-3-5-10/h1-5H,6-9,13H2,(H,14,17). The first-order valence-electron chi connectivity index (χ1n) is 6.32. The molecule has 0 aliphatic carbocycles. The Bertz CT molecular complexity index is 624. The van der Waals surface area contributed by atoms with E-state index in [1.807, 2.05) is 0 Å². The molecule has 0 spiro atoms. The fourth-order valence-electron chi connectivity index (χ4n) is 2.08. The molecule has 2 amide bonds. The summed E-state index contributed by atoms with van der Waals surface area (Å²) in [5, 5.41) is 0. The Kier molecular flexibility index (Phi) is 4.56. The van der Waals surface area contributed by atoms with Crippen molar-refractivity contribution < 1.29 is 18.0 Å². The average Bonchev–Trinajstić information content (AvgIpc) is 2.54. The third-order valence-corrected chi connectivity index (χ3v) is 5.15. The number of nitrogens with zero attached hydrogens (tertiary/aromatic N) is 2. The highest BCUT2D eigenvalue weighted by molar-refractivity contribution is 7.89. The Hall–Kier alpha value is -1.97. The van der Waals surface area contributed by atoms with Crippen LogP contribution in [-0.2, 0) is 19.6 Å². The Morgan fingerprint density at radius 2 is 1.62 bits per heavy atom. The lowest BCUT2D eigenvalue weighted by molar-refractivity contribution is -0.146. The van der Waals surface area contributed by atoms with E-state index in [4.69, 9.17) is 5.84 Å². The summed E-state index contributed by atoms with van der Waals surface area (Å²) in [7, 11) is -3.57. The van der Waals surface area contributed by atoms with E-state index in [0.29, 0.717) is 0 Å². The molecule has 9 heteroatoms. The SMILES string of the molecule is NNC(=O)C(=O)N1CCN(S(=O)(=O)c2ccccc2)CC1. The van der Waals surface area contributed by atoms with Crippen molar-refractivity contribution >= 4 is 21.8 Å². The van der Waals surface area contributed by atoms with Gasteiger partial charge < -0.3 is 4.90 Å². The van der Waals surface area contributed by atoms with Crippen LogP contribution in [0.1, 0.15) is 0 Å². The van der Waals surface area contributed by atoms with Crippen LogP contribution in [0, 0.1) is 0 Å². The molecule has 1 aliphatic rings. The molecule has 1 saturated heterocycles. The summed E-state index contributed by atoms with van der Waals surface area (Å²) < 4.78 is 26.1. The van der Waals surface area contributed by atoms with Gasteiger partial charge in [-0.25, -0.2) is 14.3 Å². The van der Waals surface area contributed by atoms with E-state index in [2.05, 4.69) is 0 Å². The molecule has 8 nitrogen and oxygen atoms in total. The van der Waals surface area contributed by atoms with E-state index < -0.39 is 21.8 Å². The number of carbonyl (C=O) groups excluding carboxylic acids is 2. The van der Waals surface area contributed by atoms with Gasteiger partial charge in [-0.2, -0.15) is 4.31 Å². The minimum Gasteiger partial charge on any atom is -0.332 e. The molecule has 0 unspecified atom stereocenters. The number of sulfonamides is 1. The molecular weight excluding hydrogens is 296 g/mol. The van der Waals surface area contributed by atoms with E-state index in [0.717, 1.165) is 0 Å². The lowest BCUT2D eigenvalue weighted by Crippen LogP contribution is -2.54. The molecular formula is C12H16N4O4S. The van der Waals surface area contributed by atoms with Crippen LogP contribution in [-0.4, -0.2) is 55.6 Å². The van der Waals surface area contributed by atoms with Crippen LogP contribution < -0.4 is 11.3 Å². The topological polar surface area (TPSA) is 113 Å². The maximum Gasteiger partial charge on any atom is 0.323 e. The van der Waals surface area contributed by atoms with Crippen molar-refractivity contribution in [1.29, 1.82) is 0 Å². The Balaban J connectivity index is 2.05. The van der Waals surface area contributed by atoms with E-state index in [9.17, 15) is 18.0 Å².